The molecule has 0 saturated carbocycles. The predicted molar refractivity (Wildman–Crippen MR) is 150 cm³/mol. The minimum absolute atomic E-state index is 0.142. The molecule has 1 saturated heterocycles. The smallest absolute Gasteiger partial charge is 0.459 e. The van der Waals surface area contributed by atoms with Gasteiger partial charge in [0.2, 0.25) is 0 Å². The van der Waals surface area contributed by atoms with Crippen molar-refractivity contribution in [3.05, 3.63) is 54.5 Å². The van der Waals surface area contributed by atoms with E-state index in [-0.39, 0.29) is 29.8 Å². The minimum atomic E-state index is -4.43. The molecule has 6 atom stereocenters. The fraction of sp³-hybridized carbons (Fsp3) is 0.519. The molecule has 0 bridgehead atoms. The van der Waals surface area contributed by atoms with Crippen molar-refractivity contribution in [2.75, 3.05) is 25.6 Å². The number of nitrogens with one attached hydrogen (secondary N) is 1. The van der Waals surface area contributed by atoms with Gasteiger partial charge in [0.05, 0.1) is 18.9 Å². The van der Waals surface area contributed by atoms with Gasteiger partial charge in [0.15, 0.2) is 5.82 Å². The molecule has 230 valence electrons. The first-order valence-electron chi connectivity index (χ1n) is 13.7. The molecular weight excluding hydrogens is 572 g/mol. The van der Waals surface area contributed by atoms with Crippen molar-refractivity contribution in [3.63, 3.8) is 0 Å². The number of carbonyl (C=O) groups is 1. The van der Waals surface area contributed by atoms with Crippen molar-refractivity contribution in [3.8, 4) is 5.75 Å². The fourth-order valence-corrected chi connectivity index (χ4v) is 6.15. The maximum Gasteiger partial charge on any atom is 0.459 e. The lowest BCUT2D eigenvalue weighted by molar-refractivity contribution is -0.146. The number of aromatic nitrogens is 3. The van der Waals surface area contributed by atoms with E-state index in [9.17, 15) is 24.0 Å². The van der Waals surface area contributed by atoms with Crippen LogP contribution in [0.3, 0.4) is 0 Å². The van der Waals surface area contributed by atoms with Crippen LogP contribution in [0.4, 0.5) is 10.2 Å². The second kappa shape index (κ2) is 13.4. The normalized spacial score (nSPS) is 24.5. The molecule has 4 rings (SSSR count). The molecule has 13 nitrogen and oxygen atoms in total. The van der Waals surface area contributed by atoms with Gasteiger partial charge >= 0.3 is 13.7 Å². The van der Waals surface area contributed by atoms with Gasteiger partial charge in [-0.05, 0) is 37.1 Å². The highest BCUT2D eigenvalue weighted by Gasteiger charge is 2.57. The summed E-state index contributed by atoms with van der Waals surface area (Å²) in [5.41, 5.74) is 4.43. The summed E-state index contributed by atoms with van der Waals surface area (Å²) in [5, 5.41) is 28.5. The van der Waals surface area contributed by atoms with E-state index in [0.717, 1.165) is 12.8 Å². The summed E-state index contributed by atoms with van der Waals surface area (Å²) in [6.45, 7) is 3.46. The number of hydrogen-bond acceptors (Lipinski definition) is 11. The number of nitrogen functional groups attached to an aromatic ring is 1. The van der Waals surface area contributed by atoms with Gasteiger partial charge in [-0.15, -0.1) is 0 Å². The molecule has 1 fully saturated rings. The third kappa shape index (κ3) is 6.74. The zero-order valence-corrected chi connectivity index (χ0v) is 24.5. The van der Waals surface area contributed by atoms with E-state index < -0.39 is 57.0 Å². The number of aliphatic hydroxyl groups excluding tert-OH is 2. The van der Waals surface area contributed by atoms with E-state index in [1.54, 1.807) is 30.3 Å². The van der Waals surface area contributed by atoms with Crippen molar-refractivity contribution >= 4 is 25.1 Å². The van der Waals surface area contributed by atoms with E-state index in [0.29, 0.717) is 5.52 Å². The number of fused-ring (bicyclic) bond motifs is 1. The van der Waals surface area contributed by atoms with E-state index in [2.05, 4.69) is 15.2 Å². The Hall–Kier alpha value is -3.13. The Morgan fingerprint density at radius 2 is 1.95 bits per heavy atom. The molecule has 15 heteroatoms. The van der Waals surface area contributed by atoms with Gasteiger partial charge in [-0.25, -0.2) is 18.5 Å². The van der Waals surface area contributed by atoms with Gasteiger partial charge in [0.25, 0.3) is 0 Å². The maximum atomic E-state index is 14.7. The average molecular weight is 610 g/mol. The van der Waals surface area contributed by atoms with Crippen LogP contribution in [0.2, 0.25) is 0 Å². The third-order valence-electron chi connectivity index (χ3n) is 7.33. The van der Waals surface area contributed by atoms with Gasteiger partial charge in [0, 0.05) is 0 Å². The van der Waals surface area contributed by atoms with Crippen molar-refractivity contribution in [2.45, 2.75) is 63.6 Å². The number of halogens is 1. The lowest BCUT2D eigenvalue weighted by Gasteiger charge is -2.31. The highest BCUT2D eigenvalue weighted by Crippen LogP contribution is 2.48. The molecule has 1 unspecified atom stereocenters. The standard InChI is InChI=1S/C27H37FN5O8P/c1-4-18(5-2)13-38-26(36)17(3)32-42(37,41-19-9-7-6-8-10-19)39-15-27(14-28)24(35)22(34)23(40-27)20-11-12-21-25(29)30-16-31-33(20)21/h6-12,16-18,22-24,34-35H,4-5,13-15H2,1-3H3,(H,32,37)(H2,29,30,31)/t17-,22-,23-,24-,27+,42?/m0/s1. The second-order valence-electron chi connectivity index (χ2n) is 10.2. The quantitative estimate of drug-likeness (QED) is 0.155. The topological polar surface area (TPSA) is 180 Å². The van der Waals surface area contributed by atoms with E-state index in [1.807, 2.05) is 13.8 Å². The minimum Gasteiger partial charge on any atom is -0.464 e. The number of para-hydroxylation sites is 1. The summed E-state index contributed by atoms with van der Waals surface area (Å²) >= 11 is 0. The van der Waals surface area contributed by atoms with Gasteiger partial charge in [0.1, 0.15) is 54.2 Å². The number of esters is 1. The molecule has 2 aromatic heterocycles. The Balaban J connectivity index is 1.54. The van der Waals surface area contributed by atoms with Crippen molar-refractivity contribution < 1.29 is 42.5 Å². The van der Waals surface area contributed by atoms with Crippen LogP contribution in [0.15, 0.2) is 48.8 Å². The zero-order valence-electron chi connectivity index (χ0n) is 23.6. The molecular formula is C27H37FN5O8P. The summed E-state index contributed by atoms with van der Waals surface area (Å²) in [6, 6.07) is 10.0. The number of benzene rings is 1. The summed E-state index contributed by atoms with van der Waals surface area (Å²) in [7, 11) is -4.43. The van der Waals surface area contributed by atoms with Crippen LogP contribution in [0.5, 0.6) is 5.75 Å². The van der Waals surface area contributed by atoms with Gasteiger partial charge < -0.3 is 29.9 Å². The predicted octanol–water partition coefficient (Wildman–Crippen LogP) is 2.97. The molecule has 0 amide bonds. The molecule has 0 radical (unpaired) electrons. The molecule has 1 aliphatic rings. The Bertz CT molecular complexity index is 1390. The van der Waals surface area contributed by atoms with Crippen LogP contribution in [-0.2, 0) is 23.4 Å². The number of alkyl halides is 1. The number of ether oxygens (including phenoxy) is 2. The van der Waals surface area contributed by atoms with Crippen LogP contribution in [0.25, 0.3) is 5.52 Å². The monoisotopic (exact) mass is 609 g/mol. The van der Waals surface area contributed by atoms with Gasteiger partial charge in [-0.3, -0.25) is 9.32 Å². The van der Waals surface area contributed by atoms with Crippen LogP contribution in [-0.4, -0.2) is 74.5 Å². The SMILES string of the molecule is CCC(CC)COC(=O)[C@H](C)NP(=O)(OC[C@@]1(CF)O[C@@H](c2ccc3c(N)ncnn23)[C@H](O)[C@@H]1O)Oc1ccccc1. The van der Waals surface area contributed by atoms with Crippen LogP contribution in [0, 0.1) is 5.92 Å². The van der Waals surface area contributed by atoms with Gasteiger partial charge in [-0.1, -0.05) is 44.9 Å². The number of nitrogens with zero attached hydrogens (tertiary/aromatic N) is 3. The van der Waals surface area contributed by atoms with Crippen LogP contribution >= 0.6 is 7.75 Å². The summed E-state index contributed by atoms with van der Waals surface area (Å²) in [6.07, 6.45) is -1.81. The summed E-state index contributed by atoms with van der Waals surface area (Å²) in [5.74, 6) is -0.197. The maximum absolute atomic E-state index is 14.7. The van der Waals surface area contributed by atoms with Crippen LogP contribution < -0.4 is 15.3 Å². The largest absolute Gasteiger partial charge is 0.464 e. The molecule has 3 aromatic rings. The first-order chi connectivity index (χ1) is 20.1. The molecule has 1 aromatic carbocycles. The van der Waals surface area contributed by atoms with Crippen molar-refractivity contribution in [2.24, 2.45) is 5.92 Å². The first-order valence-corrected chi connectivity index (χ1v) is 15.2. The van der Waals surface area contributed by atoms with E-state index >= 15 is 0 Å². The first kappa shape index (κ1) is 31.8. The highest BCUT2D eigenvalue weighted by molar-refractivity contribution is 7.52. The number of rotatable bonds is 14. The summed E-state index contributed by atoms with van der Waals surface area (Å²) < 4.78 is 52.5. The second-order valence-corrected chi connectivity index (χ2v) is 11.9. The zero-order chi connectivity index (χ0) is 30.5. The molecule has 42 heavy (non-hydrogen) atoms. The van der Waals surface area contributed by atoms with Crippen molar-refractivity contribution in [1.29, 1.82) is 0 Å². The molecule has 1 aliphatic heterocycles. The lowest BCUT2D eigenvalue weighted by atomic mass is 9.96. The Morgan fingerprint density at radius 3 is 2.62 bits per heavy atom. The number of nitrogens with two attached hydrogens (primary N) is 1. The Morgan fingerprint density at radius 1 is 1.24 bits per heavy atom. The van der Waals surface area contributed by atoms with E-state index in [1.165, 1.54) is 29.9 Å². The molecule has 0 spiro atoms. The van der Waals surface area contributed by atoms with Crippen molar-refractivity contribution in [1.82, 2.24) is 19.7 Å². The Labute approximate surface area is 242 Å². The summed E-state index contributed by atoms with van der Waals surface area (Å²) in [4.78, 5) is 16.6. The van der Waals surface area contributed by atoms with Gasteiger partial charge in [-0.2, -0.15) is 10.2 Å². The van der Waals surface area contributed by atoms with Crippen LogP contribution in [0.1, 0.15) is 45.4 Å². The number of hydrogen-bond donors (Lipinski definition) is 4. The third-order valence-corrected chi connectivity index (χ3v) is 8.96. The highest BCUT2D eigenvalue weighted by atomic mass is 31.2. The number of aliphatic hydroxyl groups is 2. The Kier molecular flexibility index (Phi) is 10.2. The fourth-order valence-electron chi connectivity index (χ4n) is 4.60. The number of anilines is 1. The lowest BCUT2D eigenvalue weighted by Crippen LogP contribution is -2.49. The molecule has 5 N–H and O–H groups in total. The average Bonchev–Trinajstić information content (AvgIpc) is 3.52. The van der Waals surface area contributed by atoms with E-state index in [4.69, 9.17) is 24.3 Å². The molecule has 0 aliphatic carbocycles. The number of carbonyl (C=O) groups excluding carboxylic acids is 1. The molecule has 3 heterocycles.